The number of Topliss-reactive ketones (excluding diaryl/α,β-unsaturated/α-hetero) is 1. The van der Waals surface area contributed by atoms with Crippen molar-refractivity contribution >= 4 is 29.0 Å². The fourth-order valence-electron chi connectivity index (χ4n) is 1.01. The number of anilines is 1. The average molecular weight is 224 g/mol. The van der Waals surface area contributed by atoms with Gasteiger partial charge in [0.1, 0.15) is 0 Å². The molecule has 1 N–H and O–H groups in total. The smallest absolute Gasteiger partial charge is 0.266 e. The predicted molar refractivity (Wildman–Crippen MR) is 60.1 cm³/mol. The summed E-state index contributed by atoms with van der Waals surface area (Å²) in [5.74, 6) is -0.534. The lowest BCUT2D eigenvalue weighted by molar-refractivity contribution is -0.112. The molecule has 0 spiro atoms. The summed E-state index contributed by atoms with van der Waals surface area (Å²) >= 11 is 5.41. The largest absolute Gasteiger partial charge is 0.321 e. The Kier molecular flexibility index (Phi) is 3.63. The number of carbonyl (C=O) groups excluding carboxylic acids is 2. The highest BCUT2D eigenvalue weighted by molar-refractivity contribution is 6.43. The van der Waals surface area contributed by atoms with Crippen LogP contribution >= 0.6 is 11.6 Å². The minimum atomic E-state index is -0.475. The lowest BCUT2D eigenvalue weighted by Gasteiger charge is -2.04. The highest BCUT2D eigenvalue weighted by Crippen LogP contribution is 2.12. The van der Waals surface area contributed by atoms with Gasteiger partial charge in [0.15, 0.2) is 5.78 Å². The monoisotopic (exact) mass is 223 g/mol. The summed E-state index contributed by atoms with van der Waals surface area (Å²) in [5, 5.41) is 2.42. The molecule has 0 aliphatic carbocycles. The molecule has 0 aliphatic rings. The fraction of sp³-hybridized carbons (Fsp3) is 0.0909. The van der Waals surface area contributed by atoms with E-state index in [1.54, 1.807) is 24.3 Å². The zero-order valence-electron chi connectivity index (χ0n) is 8.21. The Hall–Kier alpha value is -1.61. The standard InChI is InChI=1S/C11H10ClNO2/c1-7(12)11(15)13-10-5-3-4-9(6-10)8(2)14/h3-6H,1H2,2H3,(H,13,15). The SMILES string of the molecule is C=C(Cl)C(=O)Nc1cccc(C(C)=O)c1. The van der Waals surface area contributed by atoms with Crippen molar-refractivity contribution < 1.29 is 9.59 Å². The van der Waals surface area contributed by atoms with Crippen LogP contribution in [0.15, 0.2) is 35.9 Å². The third-order valence-corrected chi connectivity index (χ3v) is 1.94. The molecule has 1 aromatic rings. The third kappa shape index (κ3) is 3.22. The van der Waals surface area contributed by atoms with E-state index in [0.29, 0.717) is 11.3 Å². The van der Waals surface area contributed by atoms with Crippen molar-refractivity contribution in [1.29, 1.82) is 0 Å². The van der Waals surface area contributed by atoms with E-state index in [1.165, 1.54) is 6.92 Å². The van der Waals surface area contributed by atoms with E-state index in [0.717, 1.165) is 0 Å². The number of hydrogen-bond donors (Lipinski definition) is 1. The molecule has 1 rings (SSSR count). The van der Waals surface area contributed by atoms with Gasteiger partial charge in [-0.05, 0) is 19.1 Å². The highest BCUT2D eigenvalue weighted by Gasteiger charge is 2.05. The summed E-state index contributed by atoms with van der Waals surface area (Å²) in [6.07, 6.45) is 0. The van der Waals surface area contributed by atoms with Crippen LogP contribution in [0.3, 0.4) is 0 Å². The third-order valence-electron chi connectivity index (χ3n) is 1.77. The zero-order valence-corrected chi connectivity index (χ0v) is 8.97. The Balaban J connectivity index is 2.87. The van der Waals surface area contributed by atoms with Crippen LogP contribution in [-0.2, 0) is 4.79 Å². The molecule has 1 amide bonds. The van der Waals surface area contributed by atoms with Crippen LogP contribution in [0.4, 0.5) is 5.69 Å². The Morgan fingerprint density at radius 1 is 1.40 bits per heavy atom. The second-order valence-corrected chi connectivity index (χ2v) is 3.45. The topological polar surface area (TPSA) is 46.2 Å². The van der Waals surface area contributed by atoms with Gasteiger partial charge in [0, 0.05) is 11.3 Å². The Bertz CT molecular complexity index is 426. The highest BCUT2D eigenvalue weighted by atomic mass is 35.5. The molecule has 0 saturated carbocycles. The molecule has 0 heterocycles. The van der Waals surface area contributed by atoms with Crippen LogP contribution in [0.25, 0.3) is 0 Å². The molecular weight excluding hydrogens is 214 g/mol. The van der Waals surface area contributed by atoms with E-state index in [1.807, 2.05) is 0 Å². The summed E-state index contributed by atoms with van der Waals surface area (Å²) < 4.78 is 0. The summed E-state index contributed by atoms with van der Waals surface area (Å²) in [6, 6.07) is 6.61. The number of amides is 1. The number of carbonyl (C=O) groups is 2. The van der Waals surface area contributed by atoms with Crippen molar-refractivity contribution in [3.05, 3.63) is 41.4 Å². The second-order valence-electron chi connectivity index (χ2n) is 3.00. The molecule has 0 atom stereocenters. The number of halogens is 1. The second kappa shape index (κ2) is 4.75. The summed E-state index contributed by atoms with van der Waals surface area (Å²) in [5.41, 5.74) is 1.06. The van der Waals surface area contributed by atoms with E-state index in [9.17, 15) is 9.59 Å². The van der Waals surface area contributed by atoms with Crippen LogP contribution in [0.5, 0.6) is 0 Å². The minimum Gasteiger partial charge on any atom is -0.321 e. The van der Waals surface area contributed by atoms with Crippen LogP contribution in [0.1, 0.15) is 17.3 Å². The van der Waals surface area contributed by atoms with Crippen molar-refractivity contribution in [1.82, 2.24) is 0 Å². The van der Waals surface area contributed by atoms with E-state index in [2.05, 4.69) is 11.9 Å². The van der Waals surface area contributed by atoms with Gasteiger partial charge in [-0.1, -0.05) is 30.3 Å². The first kappa shape index (κ1) is 11.5. The van der Waals surface area contributed by atoms with E-state index >= 15 is 0 Å². The number of ketones is 1. The van der Waals surface area contributed by atoms with Crippen LogP contribution in [-0.4, -0.2) is 11.7 Å². The Morgan fingerprint density at radius 3 is 2.60 bits per heavy atom. The molecule has 0 aromatic heterocycles. The zero-order chi connectivity index (χ0) is 11.4. The molecular formula is C11H10ClNO2. The van der Waals surface area contributed by atoms with Gasteiger partial charge >= 0.3 is 0 Å². The molecule has 0 aliphatic heterocycles. The molecule has 78 valence electrons. The molecule has 3 nitrogen and oxygen atoms in total. The van der Waals surface area contributed by atoms with E-state index in [4.69, 9.17) is 11.6 Å². The maximum absolute atomic E-state index is 11.2. The van der Waals surface area contributed by atoms with Gasteiger partial charge < -0.3 is 5.32 Å². The Morgan fingerprint density at radius 2 is 2.07 bits per heavy atom. The van der Waals surface area contributed by atoms with E-state index < -0.39 is 5.91 Å². The first-order valence-electron chi connectivity index (χ1n) is 4.27. The van der Waals surface area contributed by atoms with Crippen LogP contribution in [0.2, 0.25) is 0 Å². The molecule has 1 aromatic carbocycles. The molecule has 0 unspecified atom stereocenters. The van der Waals surface area contributed by atoms with Crippen molar-refractivity contribution in [2.75, 3.05) is 5.32 Å². The van der Waals surface area contributed by atoms with Crippen molar-refractivity contribution in [2.24, 2.45) is 0 Å². The maximum atomic E-state index is 11.2. The van der Waals surface area contributed by atoms with Crippen molar-refractivity contribution in [2.45, 2.75) is 6.92 Å². The average Bonchev–Trinajstić information content (AvgIpc) is 2.18. The van der Waals surface area contributed by atoms with Crippen molar-refractivity contribution in [3.63, 3.8) is 0 Å². The molecule has 15 heavy (non-hydrogen) atoms. The van der Waals surface area contributed by atoms with Gasteiger partial charge in [-0.2, -0.15) is 0 Å². The number of hydrogen-bond acceptors (Lipinski definition) is 2. The predicted octanol–water partition coefficient (Wildman–Crippen LogP) is 2.58. The molecule has 0 fully saturated rings. The number of nitrogens with one attached hydrogen (secondary N) is 1. The van der Waals surface area contributed by atoms with Gasteiger partial charge in [0.25, 0.3) is 5.91 Å². The fourth-order valence-corrected chi connectivity index (χ4v) is 1.06. The first-order chi connectivity index (χ1) is 7.00. The lowest BCUT2D eigenvalue weighted by atomic mass is 10.1. The van der Waals surface area contributed by atoms with Gasteiger partial charge in [-0.25, -0.2) is 0 Å². The van der Waals surface area contributed by atoms with Crippen molar-refractivity contribution in [3.8, 4) is 0 Å². The summed E-state index contributed by atoms with van der Waals surface area (Å²) in [4.78, 5) is 22.2. The molecule has 0 saturated heterocycles. The summed E-state index contributed by atoms with van der Waals surface area (Å²) in [6.45, 7) is 4.75. The summed E-state index contributed by atoms with van der Waals surface area (Å²) in [7, 11) is 0. The van der Waals surface area contributed by atoms with Crippen LogP contribution < -0.4 is 5.32 Å². The van der Waals surface area contributed by atoms with Gasteiger partial charge in [0.2, 0.25) is 0 Å². The molecule has 4 heteroatoms. The van der Waals surface area contributed by atoms with Gasteiger partial charge in [0.05, 0.1) is 5.03 Å². The molecule has 0 radical (unpaired) electrons. The quantitative estimate of drug-likeness (QED) is 0.632. The normalized spacial score (nSPS) is 9.47. The van der Waals surface area contributed by atoms with Crippen LogP contribution in [0, 0.1) is 0 Å². The maximum Gasteiger partial charge on any atom is 0.266 e. The van der Waals surface area contributed by atoms with Gasteiger partial charge in [-0.3, -0.25) is 9.59 Å². The van der Waals surface area contributed by atoms with Gasteiger partial charge in [-0.15, -0.1) is 0 Å². The number of benzene rings is 1. The Labute approximate surface area is 92.7 Å². The van der Waals surface area contributed by atoms with E-state index in [-0.39, 0.29) is 10.8 Å². The molecule has 0 bridgehead atoms. The minimum absolute atomic E-state index is 0.0594. The lowest BCUT2D eigenvalue weighted by Crippen LogP contribution is -2.11. The number of rotatable bonds is 3. The first-order valence-corrected chi connectivity index (χ1v) is 4.65.